The third kappa shape index (κ3) is 2.63. The van der Waals surface area contributed by atoms with Crippen LogP contribution in [0.4, 0.5) is 5.69 Å². The standard InChI is InChI=1S/C17H22N8/c1-24-11-20-23-14(24)12-5-7-13(8-6-12)25-16(19)21-15(18)22-17(25)9-3-2-4-10-17/h5-8,11H,2-4,9-10H2,1H3,(H4,18,19,21,22). The van der Waals surface area contributed by atoms with Crippen molar-refractivity contribution in [2.75, 3.05) is 4.90 Å². The van der Waals surface area contributed by atoms with E-state index in [1.165, 1.54) is 6.42 Å². The molecular formula is C17H22N8. The molecule has 25 heavy (non-hydrogen) atoms. The van der Waals surface area contributed by atoms with Crippen molar-refractivity contribution in [2.24, 2.45) is 28.5 Å². The van der Waals surface area contributed by atoms with E-state index >= 15 is 0 Å². The van der Waals surface area contributed by atoms with Gasteiger partial charge in [0.1, 0.15) is 12.0 Å². The smallest absolute Gasteiger partial charge is 0.220 e. The summed E-state index contributed by atoms with van der Waals surface area (Å²) in [4.78, 5) is 10.9. The van der Waals surface area contributed by atoms with Crippen molar-refractivity contribution in [1.82, 2.24) is 14.8 Å². The van der Waals surface area contributed by atoms with Crippen molar-refractivity contribution in [2.45, 2.75) is 37.8 Å². The Morgan fingerprint density at radius 2 is 1.76 bits per heavy atom. The lowest BCUT2D eigenvalue weighted by molar-refractivity contribution is 0.305. The first-order chi connectivity index (χ1) is 12.1. The number of anilines is 1. The Morgan fingerprint density at radius 1 is 1.04 bits per heavy atom. The predicted molar refractivity (Wildman–Crippen MR) is 98.0 cm³/mol. The molecule has 0 unspecified atom stereocenters. The molecular weight excluding hydrogens is 316 g/mol. The van der Waals surface area contributed by atoms with Crippen molar-refractivity contribution >= 4 is 17.6 Å². The maximum absolute atomic E-state index is 6.25. The van der Waals surface area contributed by atoms with E-state index < -0.39 is 5.66 Å². The molecule has 8 heteroatoms. The van der Waals surface area contributed by atoms with Crippen LogP contribution >= 0.6 is 0 Å². The highest BCUT2D eigenvalue weighted by Crippen LogP contribution is 2.39. The van der Waals surface area contributed by atoms with Gasteiger partial charge in [0.05, 0.1) is 0 Å². The number of aromatic nitrogens is 3. The Kier molecular flexibility index (Phi) is 3.67. The molecule has 0 saturated heterocycles. The molecule has 1 aliphatic heterocycles. The minimum absolute atomic E-state index is 0.270. The number of aryl methyl sites for hydroxylation is 1. The van der Waals surface area contributed by atoms with Crippen LogP contribution in [0.15, 0.2) is 40.6 Å². The van der Waals surface area contributed by atoms with Crippen LogP contribution in [0.3, 0.4) is 0 Å². The van der Waals surface area contributed by atoms with Crippen LogP contribution in [0.2, 0.25) is 0 Å². The van der Waals surface area contributed by atoms with Crippen molar-refractivity contribution in [3.63, 3.8) is 0 Å². The molecule has 4 rings (SSSR count). The van der Waals surface area contributed by atoms with E-state index in [2.05, 4.69) is 15.2 Å². The SMILES string of the molecule is Cn1cnnc1-c1ccc(N2C(N)=NC(N)=NC23CCCCC3)cc1. The van der Waals surface area contributed by atoms with Gasteiger partial charge in [-0.2, -0.15) is 4.99 Å². The zero-order valence-electron chi connectivity index (χ0n) is 14.3. The average molecular weight is 338 g/mol. The maximum Gasteiger partial charge on any atom is 0.220 e. The highest BCUT2D eigenvalue weighted by molar-refractivity contribution is 6.05. The Morgan fingerprint density at radius 3 is 2.40 bits per heavy atom. The lowest BCUT2D eigenvalue weighted by atomic mass is 9.87. The van der Waals surface area contributed by atoms with Gasteiger partial charge < -0.3 is 16.0 Å². The van der Waals surface area contributed by atoms with Gasteiger partial charge in [-0.15, -0.1) is 10.2 Å². The largest absolute Gasteiger partial charge is 0.369 e. The van der Waals surface area contributed by atoms with Crippen LogP contribution in [0.5, 0.6) is 0 Å². The van der Waals surface area contributed by atoms with Gasteiger partial charge in [-0.3, -0.25) is 4.90 Å². The number of benzene rings is 1. The second-order valence-corrected chi connectivity index (χ2v) is 6.63. The molecule has 2 heterocycles. The first kappa shape index (κ1) is 15.6. The monoisotopic (exact) mass is 338 g/mol. The molecule has 4 N–H and O–H groups in total. The van der Waals surface area contributed by atoms with Gasteiger partial charge in [0, 0.05) is 18.3 Å². The summed E-state index contributed by atoms with van der Waals surface area (Å²) in [6, 6.07) is 8.09. The van der Waals surface area contributed by atoms with Gasteiger partial charge >= 0.3 is 0 Å². The summed E-state index contributed by atoms with van der Waals surface area (Å²) < 4.78 is 1.89. The van der Waals surface area contributed by atoms with Gasteiger partial charge in [0.2, 0.25) is 11.9 Å². The molecule has 1 spiro atoms. The predicted octanol–water partition coefficient (Wildman–Crippen LogP) is 1.59. The molecule has 1 saturated carbocycles. The fraction of sp³-hybridized carbons (Fsp3) is 0.412. The highest BCUT2D eigenvalue weighted by atomic mass is 15.4. The van der Waals surface area contributed by atoms with Crippen LogP contribution < -0.4 is 16.4 Å². The van der Waals surface area contributed by atoms with E-state index in [0.29, 0.717) is 5.96 Å². The number of aliphatic imine (C=N–C) groups is 2. The van der Waals surface area contributed by atoms with Crippen molar-refractivity contribution in [3.05, 3.63) is 30.6 Å². The molecule has 0 amide bonds. The number of guanidine groups is 2. The summed E-state index contributed by atoms with van der Waals surface area (Å²) in [5, 5.41) is 8.08. The van der Waals surface area contributed by atoms with Gasteiger partial charge in [0.15, 0.2) is 5.82 Å². The molecule has 130 valence electrons. The second-order valence-electron chi connectivity index (χ2n) is 6.63. The van der Waals surface area contributed by atoms with Crippen molar-refractivity contribution < 1.29 is 0 Å². The summed E-state index contributed by atoms with van der Waals surface area (Å²) in [6.45, 7) is 0. The molecule has 2 aliphatic rings. The molecule has 0 bridgehead atoms. The van der Waals surface area contributed by atoms with Crippen LogP contribution in [0, 0.1) is 0 Å². The number of rotatable bonds is 2. The van der Waals surface area contributed by atoms with Crippen molar-refractivity contribution in [3.8, 4) is 11.4 Å². The quantitative estimate of drug-likeness (QED) is 0.864. The molecule has 1 aromatic carbocycles. The Hall–Kier alpha value is -2.90. The Balaban J connectivity index is 1.72. The molecule has 1 aliphatic carbocycles. The van der Waals surface area contributed by atoms with Gasteiger partial charge in [0.25, 0.3) is 0 Å². The number of nitrogens with two attached hydrogens (primary N) is 2. The molecule has 0 radical (unpaired) electrons. The van der Waals surface area contributed by atoms with Crippen molar-refractivity contribution in [1.29, 1.82) is 0 Å². The lowest BCUT2D eigenvalue weighted by Crippen LogP contribution is -2.58. The fourth-order valence-corrected chi connectivity index (χ4v) is 3.80. The van der Waals surface area contributed by atoms with E-state index in [1.54, 1.807) is 6.33 Å². The minimum Gasteiger partial charge on any atom is -0.369 e. The normalized spacial score (nSPS) is 19.6. The summed E-state index contributed by atoms with van der Waals surface area (Å²) >= 11 is 0. The van der Waals surface area contributed by atoms with E-state index in [-0.39, 0.29) is 5.96 Å². The highest BCUT2D eigenvalue weighted by Gasteiger charge is 2.42. The zero-order valence-corrected chi connectivity index (χ0v) is 14.3. The summed E-state index contributed by atoms with van der Waals surface area (Å²) in [7, 11) is 1.92. The van der Waals surface area contributed by atoms with Crippen LogP contribution in [-0.4, -0.2) is 32.3 Å². The molecule has 1 aromatic heterocycles. The van der Waals surface area contributed by atoms with Crippen LogP contribution in [-0.2, 0) is 7.05 Å². The lowest BCUT2D eigenvalue weighted by Gasteiger charge is -2.45. The second kappa shape index (κ2) is 5.87. The maximum atomic E-state index is 6.25. The summed E-state index contributed by atoms with van der Waals surface area (Å²) in [5.74, 6) is 1.49. The molecule has 8 nitrogen and oxygen atoms in total. The average Bonchev–Trinajstić information content (AvgIpc) is 3.01. The zero-order chi connectivity index (χ0) is 17.4. The third-order valence-electron chi connectivity index (χ3n) is 4.95. The molecule has 1 fully saturated rings. The Bertz CT molecular complexity index is 827. The third-order valence-corrected chi connectivity index (χ3v) is 4.95. The van der Waals surface area contributed by atoms with Gasteiger partial charge in [-0.05, 0) is 49.9 Å². The topological polar surface area (TPSA) is 111 Å². The van der Waals surface area contributed by atoms with Crippen LogP contribution in [0.25, 0.3) is 11.4 Å². The van der Waals surface area contributed by atoms with Gasteiger partial charge in [-0.25, -0.2) is 4.99 Å². The Labute approximate surface area is 146 Å². The summed E-state index contributed by atoms with van der Waals surface area (Å²) in [6.07, 6.45) is 6.97. The summed E-state index contributed by atoms with van der Waals surface area (Å²) in [5.41, 5.74) is 13.7. The molecule has 2 aromatic rings. The first-order valence-electron chi connectivity index (χ1n) is 8.53. The first-order valence-corrected chi connectivity index (χ1v) is 8.53. The van der Waals surface area contributed by atoms with E-state index in [9.17, 15) is 0 Å². The van der Waals surface area contributed by atoms with E-state index in [1.807, 2.05) is 40.8 Å². The van der Waals surface area contributed by atoms with Gasteiger partial charge in [-0.1, -0.05) is 6.42 Å². The minimum atomic E-state index is -0.416. The van der Waals surface area contributed by atoms with Crippen LogP contribution in [0.1, 0.15) is 32.1 Å². The van der Waals surface area contributed by atoms with E-state index in [0.717, 1.165) is 42.8 Å². The van der Waals surface area contributed by atoms with E-state index in [4.69, 9.17) is 16.5 Å². The number of hydrogen-bond acceptors (Lipinski definition) is 7. The number of hydrogen-bond donors (Lipinski definition) is 2. The molecule has 0 atom stereocenters. The fourth-order valence-electron chi connectivity index (χ4n) is 3.80. The number of nitrogens with zero attached hydrogens (tertiary/aromatic N) is 6.